The summed E-state index contributed by atoms with van der Waals surface area (Å²) in [6, 6.07) is 17.0. The molecule has 2 unspecified atom stereocenters. The highest BCUT2D eigenvalue weighted by Gasteiger charge is 2.56. The zero-order valence-corrected chi connectivity index (χ0v) is 35.4. The summed E-state index contributed by atoms with van der Waals surface area (Å²) in [6.07, 6.45) is 3.35. The number of piperidine rings is 2. The van der Waals surface area contributed by atoms with Crippen LogP contribution in [0.25, 0.3) is 44.2 Å². The van der Waals surface area contributed by atoms with E-state index >= 15 is 0 Å². The molecule has 4 heterocycles. The molecule has 2 aliphatic carbocycles. The minimum Gasteiger partial charge on any atom is -0.453 e. The van der Waals surface area contributed by atoms with Gasteiger partial charge in [0.15, 0.2) is 0 Å². The summed E-state index contributed by atoms with van der Waals surface area (Å²) in [5.74, 6) is 1.61. The van der Waals surface area contributed by atoms with E-state index in [0.29, 0.717) is 22.6 Å². The molecule has 2 saturated carbocycles. The number of hydrogen-bond acceptors (Lipinski definition) is 8. The quantitative estimate of drug-likeness (QED) is 0.110. The first-order valence-corrected chi connectivity index (χ1v) is 21.3. The summed E-state index contributed by atoms with van der Waals surface area (Å²) in [5.41, 5.74) is 5.30. The van der Waals surface area contributed by atoms with Gasteiger partial charge in [0.25, 0.3) is 0 Å². The average molecular weight is 835 g/mol. The van der Waals surface area contributed by atoms with E-state index in [0.717, 1.165) is 76.4 Å². The number of ether oxygens (including phenoxy) is 2. The minimum absolute atomic E-state index is 0.0765. The molecule has 14 nitrogen and oxygen atoms in total. The van der Waals surface area contributed by atoms with Crippen molar-refractivity contribution < 1.29 is 28.7 Å². The molecule has 4 N–H and O–H groups in total. The van der Waals surface area contributed by atoms with E-state index < -0.39 is 24.3 Å². The predicted molar refractivity (Wildman–Crippen MR) is 227 cm³/mol. The second kappa shape index (κ2) is 15.4. The molecule has 2 aromatic heterocycles. The second-order valence-electron chi connectivity index (χ2n) is 17.6. The number of nitrogens with zero attached hydrogens (tertiary/aromatic N) is 4. The van der Waals surface area contributed by atoms with Crippen LogP contribution in [0.1, 0.15) is 83.5 Å². The maximum absolute atomic E-state index is 14.0. The molecule has 314 valence electrons. The predicted octanol–water partition coefficient (Wildman–Crippen LogP) is 7.90. The van der Waals surface area contributed by atoms with E-state index in [1.165, 1.54) is 14.2 Å². The molecular weight excluding hydrogens is 784 g/mol. The highest BCUT2D eigenvalue weighted by molar-refractivity contribution is 6.32. The minimum atomic E-state index is -0.720. The van der Waals surface area contributed by atoms with Crippen LogP contribution in [0, 0.1) is 23.7 Å². The number of amides is 4. The number of imidazole rings is 2. The van der Waals surface area contributed by atoms with E-state index in [9.17, 15) is 19.2 Å². The number of fused-ring (bicyclic) bond motifs is 6. The normalized spacial score (nSPS) is 23.9. The Morgan fingerprint density at radius 2 is 1.38 bits per heavy atom. The van der Waals surface area contributed by atoms with Gasteiger partial charge in [-0.3, -0.25) is 9.59 Å². The molecule has 5 aromatic rings. The van der Waals surface area contributed by atoms with Gasteiger partial charge in [-0.05, 0) is 84.4 Å². The Kier molecular flexibility index (Phi) is 10.2. The number of aromatic nitrogens is 4. The van der Waals surface area contributed by atoms with E-state index in [4.69, 9.17) is 31.0 Å². The lowest BCUT2D eigenvalue weighted by Gasteiger charge is -2.37. The Bertz CT molecular complexity index is 2500. The third kappa shape index (κ3) is 6.91. The smallest absolute Gasteiger partial charge is 0.407 e. The summed E-state index contributed by atoms with van der Waals surface area (Å²) in [4.78, 5) is 73.0. The van der Waals surface area contributed by atoms with Crippen molar-refractivity contribution in [1.82, 2.24) is 40.4 Å². The molecule has 3 aromatic carbocycles. The number of nitrogens with one attached hydrogen (secondary N) is 4. The molecule has 4 fully saturated rings. The molecule has 2 bridgehead atoms. The van der Waals surface area contributed by atoms with Crippen LogP contribution in [0.4, 0.5) is 9.59 Å². The van der Waals surface area contributed by atoms with E-state index in [2.05, 4.69) is 57.0 Å². The lowest BCUT2D eigenvalue weighted by Crippen LogP contribution is -2.54. The summed E-state index contributed by atoms with van der Waals surface area (Å²) in [5, 5.41) is 7.96. The number of halogens is 1. The Hall–Kier alpha value is -5.63. The van der Waals surface area contributed by atoms with Gasteiger partial charge in [0.1, 0.15) is 34.6 Å². The Labute approximate surface area is 353 Å². The van der Waals surface area contributed by atoms with Crippen molar-refractivity contribution in [2.45, 2.75) is 96.1 Å². The van der Waals surface area contributed by atoms with Crippen molar-refractivity contribution in [1.29, 1.82) is 0 Å². The fraction of sp³-hybridized carbons (Fsp3) is 0.467. The molecule has 0 radical (unpaired) electrons. The van der Waals surface area contributed by atoms with Crippen LogP contribution in [-0.4, -0.2) is 92.1 Å². The Morgan fingerprint density at radius 3 is 2.05 bits per heavy atom. The molecule has 0 spiro atoms. The number of carbonyl (C=O) groups is 4. The second-order valence-corrected chi connectivity index (χ2v) is 18.0. The van der Waals surface area contributed by atoms with Crippen molar-refractivity contribution in [3.05, 3.63) is 71.4 Å². The van der Waals surface area contributed by atoms with E-state index in [-0.39, 0.29) is 53.7 Å². The molecule has 4 aliphatic rings. The van der Waals surface area contributed by atoms with Gasteiger partial charge in [-0.15, -0.1) is 0 Å². The lowest BCUT2D eigenvalue weighted by atomic mass is 9.95. The van der Waals surface area contributed by atoms with E-state index in [1.54, 1.807) is 0 Å². The van der Waals surface area contributed by atoms with Crippen LogP contribution < -0.4 is 10.6 Å². The molecule has 2 saturated heterocycles. The molecule has 4 amide bonds. The standard InChI is InChI=1S/C45H51ClN8O6/c1-21(2)34(50-44(57)59-5)42(55)53-29-14-11-27(18-29)38(53)41-48-36(39(46)52-41)24-9-7-23(8-10-24)25-12-15-30-26(17-25)13-16-31-37(30)49-40(47-31)33-20-28-19-32(28)54(33)43(56)35(22(3)4)51-45(58)60-6/h7-10,12-13,15-17,21-22,27-29,32-35,38H,11,14,18-20H2,1-6H3,(H,47,49)(H,48,52)(H,50,57)(H,51,58)/t27-,28?,29+,32?,33-,34-,35-,38-/m0/s1. The van der Waals surface area contributed by atoms with Crippen LogP contribution in [-0.2, 0) is 19.1 Å². The SMILES string of the molecule is COC(=O)N[C@H](C(=O)N1C2CC2C[C@H]1c1nc2c(ccc3cc(-c4ccc(-c5nc([C@@H]6[C@H]7CC[C@H](C7)N6C(=O)[C@@H](NC(=O)OC)C(C)C)[nH]c5Cl)cc4)ccc32)[nH]1)C(C)C. The summed E-state index contributed by atoms with van der Waals surface area (Å²) in [6.45, 7) is 7.67. The van der Waals surface area contributed by atoms with Crippen molar-refractivity contribution in [3.8, 4) is 22.4 Å². The topological polar surface area (TPSA) is 175 Å². The zero-order chi connectivity index (χ0) is 42.1. The van der Waals surface area contributed by atoms with E-state index in [1.807, 2.05) is 55.7 Å². The van der Waals surface area contributed by atoms with Gasteiger partial charge in [-0.25, -0.2) is 19.6 Å². The van der Waals surface area contributed by atoms with Gasteiger partial charge in [-0.1, -0.05) is 81.8 Å². The molecule has 15 heteroatoms. The van der Waals surface area contributed by atoms with Crippen LogP contribution in [0.15, 0.2) is 54.6 Å². The monoisotopic (exact) mass is 834 g/mol. The molecule has 8 atom stereocenters. The first-order chi connectivity index (χ1) is 28.8. The van der Waals surface area contributed by atoms with Crippen molar-refractivity contribution in [3.63, 3.8) is 0 Å². The number of hydrogen-bond donors (Lipinski definition) is 4. The fourth-order valence-electron chi connectivity index (χ4n) is 10.1. The number of benzene rings is 3. The van der Waals surface area contributed by atoms with Crippen molar-refractivity contribution in [2.24, 2.45) is 23.7 Å². The first kappa shape index (κ1) is 39.8. The molecular formula is C45H51ClN8O6. The van der Waals surface area contributed by atoms with Gasteiger partial charge >= 0.3 is 12.2 Å². The van der Waals surface area contributed by atoms with Gasteiger partial charge in [0, 0.05) is 23.0 Å². The van der Waals surface area contributed by atoms with Crippen molar-refractivity contribution in [2.75, 3.05) is 14.2 Å². The number of rotatable bonds is 10. The fourth-order valence-corrected chi connectivity index (χ4v) is 10.3. The summed E-state index contributed by atoms with van der Waals surface area (Å²) in [7, 11) is 2.60. The summed E-state index contributed by atoms with van der Waals surface area (Å²) < 4.78 is 9.65. The maximum Gasteiger partial charge on any atom is 0.407 e. The van der Waals surface area contributed by atoms with Crippen LogP contribution >= 0.6 is 11.6 Å². The van der Waals surface area contributed by atoms with Gasteiger partial charge in [0.05, 0.1) is 37.3 Å². The van der Waals surface area contributed by atoms with Crippen LogP contribution in [0.3, 0.4) is 0 Å². The largest absolute Gasteiger partial charge is 0.453 e. The number of H-pyrrole nitrogens is 2. The van der Waals surface area contributed by atoms with Gasteiger partial charge in [0.2, 0.25) is 11.8 Å². The average Bonchev–Trinajstić information content (AvgIpc) is 3.81. The Morgan fingerprint density at radius 1 is 0.733 bits per heavy atom. The third-order valence-corrected chi connectivity index (χ3v) is 13.5. The number of methoxy groups -OCH3 is 2. The van der Waals surface area contributed by atoms with Gasteiger partial charge < -0.3 is 39.9 Å². The maximum atomic E-state index is 14.0. The zero-order valence-electron chi connectivity index (χ0n) is 34.6. The third-order valence-electron chi connectivity index (χ3n) is 13.2. The summed E-state index contributed by atoms with van der Waals surface area (Å²) >= 11 is 6.84. The van der Waals surface area contributed by atoms with Gasteiger partial charge in [-0.2, -0.15) is 0 Å². The number of likely N-dealkylation sites (tertiary alicyclic amines) is 2. The first-order valence-electron chi connectivity index (χ1n) is 21.0. The number of alkyl carbamates (subject to hydrolysis) is 2. The lowest BCUT2D eigenvalue weighted by molar-refractivity contribution is -0.139. The molecule has 60 heavy (non-hydrogen) atoms. The number of carbonyl (C=O) groups excluding carboxylic acids is 4. The Balaban J connectivity index is 0.945. The van der Waals surface area contributed by atoms with Crippen molar-refractivity contribution >= 4 is 57.4 Å². The van der Waals surface area contributed by atoms with Crippen LogP contribution in [0.5, 0.6) is 0 Å². The molecule has 2 aliphatic heterocycles. The number of aromatic amines is 2. The molecule has 9 rings (SSSR count). The highest BCUT2D eigenvalue weighted by atomic mass is 35.5. The van der Waals surface area contributed by atoms with Crippen LogP contribution in [0.2, 0.25) is 5.15 Å². The highest BCUT2D eigenvalue weighted by Crippen LogP contribution is 2.54.